The standard InChI is InChI=1S/C28H36ClN5/c1-3-27-25(21-33(23-14-15-23)20-22-10-8-9-13-26(22)29)28(32-18-16-31(4-2)17-19-32)34(30-27)24-11-6-5-7-12-24/h5-13,23H,3-4,14-21H2,1-2H3. The van der Waals surface area contributed by atoms with Gasteiger partial charge in [0.2, 0.25) is 0 Å². The normalized spacial score (nSPS) is 17.0. The van der Waals surface area contributed by atoms with Gasteiger partial charge in [-0.25, -0.2) is 4.68 Å². The number of aromatic nitrogens is 2. The van der Waals surface area contributed by atoms with Gasteiger partial charge in [0.1, 0.15) is 5.82 Å². The summed E-state index contributed by atoms with van der Waals surface area (Å²) in [7, 11) is 0. The summed E-state index contributed by atoms with van der Waals surface area (Å²) >= 11 is 6.56. The molecule has 1 saturated carbocycles. The molecule has 0 spiro atoms. The van der Waals surface area contributed by atoms with E-state index in [-0.39, 0.29) is 0 Å². The van der Waals surface area contributed by atoms with Crippen molar-refractivity contribution in [1.29, 1.82) is 0 Å². The van der Waals surface area contributed by atoms with Crippen LogP contribution in [0.3, 0.4) is 0 Å². The number of rotatable bonds is 9. The van der Waals surface area contributed by atoms with E-state index in [0.29, 0.717) is 6.04 Å². The van der Waals surface area contributed by atoms with E-state index >= 15 is 0 Å². The van der Waals surface area contributed by atoms with Gasteiger partial charge in [0.05, 0.1) is 11.4 Å². The highest BCUT2D eigenvalue weighted by molar-refractivity contribution is 6.31. The third-order valence-corrected chi connectivity index (χ3v) is 7.62. The molecule has 0 atom stereocenters. The molecule has 2 heterocycles. The van der Waals surface area contributed by atoms with Gasteiger partial charge < -0.3 is 9.80 Å². The second-order valence-corrected chi connectivity index (χ2v) is 9.91. The zero-order valence-corrected chi connectivity index (χ0v) is 21.2. The third kappa shape index (κ3) is 5.02. The van der Waals surface area contributed by atoms with E-state index in [0.717, 1.165) is 62.9 Å². The lowest BCUT2D eigenvalue weighted by Gasteiger charge is -2.36. The summed E-state index contributed by atoms with van der Waals surface area (Å²) in [5.74, 6) is 1.28. The highest BCUT2D eigenvalue weighted by atomic mass is 35.5. The van der Waals surface area contributed by atoms with Crippen molar-refractivity contribution in [2.45, 2.75) is 52.2 Å². The monoisotopic (exact) mass is 477 g/mol. The summed E-state index contributed by atoms with van der Waals surface area (Å²) in [6, 6.07) is 19.5. The summed E-state index contributed by atoms with van der Waals surface area (Å²) in [5.41, 5.74) is 4.94. The Kier molecular flexibility index (Phi) is 7.23. The van der Waals surface area contributed by atoms with Gasteiger partial charge in [-0.2, -0.15) is 5.10 Å². The van der Waals surface area contributed by atoms with E-state index in [2.05, 4.69) is 75.7 Å². The first-order valence-electron chi connectivity index (χ1n) is 12.8. The quantitative estimate of drug-likeness (QED) is 0.412. The van der Waals surface area contributed by atoms with Crippen LogP contribution < -0.4 is 4.90 Å². The number of aryl methyl sites for hydroxylation is 1. The minimum Gasteiger partial charge on any atom is -0.354 e. The predicted octanol–water partition coefficient (Wildman–Crippen LogP) is 5.39. The maximum absolute atomic E-state index is 6.56. The van der Waals surface area contributed by atoms with Crippen LogP contribution in [-0.4, -0.2) is 58.3 Å². The van der Waals surface area contributed by atoms with E-state index in [1.165, 1.54) is 35.5 Å². The Morgan fingerprint density at radius 1 is 0.912 bits per heavy atom. The highest BCUT2D eigenvalue weighted by Crippen LogP contribution is 2.35. The summed E-state index contributed by atoms with van der Waals surface area (Å²) in [6.07, 6.45) is 3.47. The zero-order chi connectivity index (χ0) is 23.5. The Morgan fingerprint density at radius 3 is 2.26 bits per heavy atom. The number of likely N-dealkylation sites (N-methyl/N-ethyl adjacent to an activating group) is 1. The summed E-state index contributed by atoms with van der Waals surface area (Å²) in [4.78, 5) is 7.73. The Morgan fingerprint density at radius 2 is 1.62 bits per heavy atom. The van der Waals surface area contributed by atoms with Crippen LogP contribution in [0.2, 0.25) is 5.02 Å². The van der Waals surface area contributed by atoms with Gasteiger partial charge in [-0.3, -0.25) is 4.90 Å². The molecule has 6 heteroatoms. The summed E-state index contributed by atoms with van der Waals surface area (Å²) in [6.45, 7) is 11.7. The largest absolute Gasteiger partial charge is 0.354 e. The van der Waals surface area contributed by atoms with Gasteiger partial charge in [0.25, 0.3) is 0 Å². The van der Waals surface area contributed by atoms with Crippen molar-refractivity contribution in [3.8, 4) is 5.69 Å². The first-order chi connectivity index (χ1) is 16.7. The number of hydrogen-bond donors (Lipinski definition) is 0. The number of halogens is 1. The number of piperazine rings is 1. The summed E-state index contributed by atoms with van der Waals surface area (Å²) in [5, 5.41) is 6.04. The molecule has 0 bridgehead atoms. The molecular formula is C28H36ClN5. The van der Waals surface area contributed by atoms with Crippen LogP contribution in [0, 0.1) is 0 Å². The van der Waals surface area contributed by atoms with Crippen LogP contribution in [0.1, 0.15) is 43.5 Å². The number of nitrogens with zero attached hydrogens (tertiary/aromatic N) is 5. The number of hydrogen-bond acceptors (Lipinski definition) is 4. The average Bonchev–Trinajstić information content (AvgIpc) is 3.67. The smallest absolute Gasteiger partial charge is 0.137 e. The summed E-state index contributed by atoms with van der Waals surface area (Å²) < 4.78 is 2.20. The lowest BCUT2D eigenvalue weighted by Crippen LogP contribution is -2.47. The van der Waals surface area contributed by atoms with E-state index in [1.54, 1.807) is 0 Å². The molecule has 5 nitrogen and oxygen atoms in total. The minimum absolute atomic E-state index is 0.630. The number of para-hydroxylation sites is 1. The molecule has 1 aliphatic carbocycles. The van der Waals surface area contributed by atoms with E-state index in [1.807, 2.05) is 12.1 Å². The number of benzene rings is 2. The average molecular weight is 478 g/mol. The Bertz CT molecular complexity index is 1080. The number of anilines is 1. The van der Waals surface area contributed by atoms with Gasteiger partial charge in [-0.1, -0.05) is 61.8 Å². The van der Waals surface area contributed by atoms with Crippen molar-refractivity contribution < 1.29 is 0 Å². The van der Waals surface area contributed by atoms with Crippen LogP contribution in [0.25, 0.3) is 5.69 Å². The fraction of sp³-hybridized carbons (Fsp3) is 0.464. The maximum atomic E-state index is 6.56. The van der Waals surface area contributed by atoms with Crippen molar-refractivity contribution in [3.63, 3.8) is 0 Å². The van der Waals surface area contributed by atoms with Crippen LogP contribution in [-0.2, 0) is 19.5 Å². The fourth-order valence-corrected chi connectivity index (χ4v) is 5.28. The van der Waals surface area contributed by atoms with E-state index in [9.17, 15) is 0 Å². The van der Waals surface area contributed by atoms with Crippen LogP contribution >= 0.6 is 11.6 Å². The molecule has 0 radical (unpaired) electrons. The van der Waals surface area contributed by atoms with E-state index in [4.69, 9.17) is 16.7 Å². The van der Waals surface area contributed by atoms with Crippen LogP contribution in [0.4, 0.5) is 5.82 Å². The van der Waals surface area contributed by atoms with Crippen LogP contribution in [0.15, 0.2) is 54.6 Å². The molecular weight excluding hydrogens is 442 g/mol. The first kappa shape index (κ1) is 23.4. The zero-order valence-electron chi connectivity index (χ0n) is 20.5. The molecule has 2 fully saturated rings. The SMILES string of the molecule is CCc1nn(-c2ccccc2)c(N2CCN(CC)CC2)c1CN(Cc1ccccc1Cl)C1CC1. The van der Waals surface area contributed by atoms with Crippen molar-refractivity contribution in [2.24, 2.45) is 0 Å². The molecule has 1 aromatic heterocycles. The van der Waals surface area contributed by atoms with E-state index < -0.39 is 0 Å². The molecule has 34 heavy (non-hydrogen) atoms. The second kappa shape index (κ2) is 10.5. The maximum Gasteiger partial charge on any atom is 0.137 e. The van der Waals surface area contributed by atoms with Gasteiger partial charge >= 0.3 is 0 Å². The molecule has 0 N–H and O–H groups in total. The lowest BCUT2D eigenvalue weighted by atomic mass is 10.1. The second-order valence-electron chi connectivity index (χ2n) is 9.50. The predicted molar refractivity (Wildman–Crippen MR) is 141 cm³/mol. The molecule has 3 aromatic rings. The van der Waals surface area contributed by atoms with Gasteiger partial charge in [-0.05, 0) is 49.6 Å². The Hall–Kier alpha value is -2.34. The molecule has 180 valence electrons. The van der Waals surface area contributed by atoms with Crippen molar-refractivity contribution in [3.05, 3.63) is 76.4 Å². The van der Waals surface area contributed by atoms with Crippen molar-refractivity contribution >= 4 is 17.4 Å². The molecule has 1 aliphatic heterocycles. The topological polar surface area (TPSA) is 27.5 Å². The molecule has 1 saturated heterocycles. The molecule has 2 aliphatic rings. The Labute approximate surface area is 208 Å². The van der Waals surface area contributed by atoms with Gasteiger partial charge in [0.15, 0.2) is 0 Å². The molecule has 0 amide bonds. The van der Waals surface area contributed by atoms with Crippen molar-refractivity contribution in [2.75, 3.05) is 37.6 Å². The molecule has 5 rings (SSSR count). The lowest BCUT2D eigenvalue weighted by molar-refractivity contribution is 0.244. The molecule has 2 aromatic carbocycles. The van der Waals surface area contributed by atoms with Gasteiger partial charge in [0, 0.05) is 55.9 Å². The first-order valence-corrected chi connectivity index (χ1v) is 13.2. The highest BCUT2D eigenvalue weighted by Gasteiger charge is 2.33. The van der Waals surface area contributed by atoms with Crippen LogP contribution in [0.5, 0.6) is 0 Å². The Balaban J connectivity index is 1.52. The van der Waals surface area contributed by atoms with Crippen molar-refractivity contribution in [1.82, 2.24) is 19.6 Å². The molecule has 0 unspecified atom stereocenters. The van der Waals surface area contributed by atoms with Gasteiger partial charge in [-0.15, -0.1) is 0 Å². The third-order valence-electron chi connectivity index (χ3n) is 7.25. The fourth-order valence-electron chi connectivity index (χ4n) is 5.08. The minimum atomic E-state index is 0.630.